The van der Waals surface area contributed by atoms with Gasteiger partial charge in [0.2, 0.25) is 0 Å². The average molecular weight is 789 g/mol. The Labute approximate surface area is 352 Å². The van der Waals surface area contributed by atoms with E-state index in [-0.39, 0.29) is 5.41 Å². The normalized spacial score (nSPS) is 22.4. The number of thiophene rings is 1. The molecule has 0 N–H and O–H groups in total. The van der Waals surface area contributed by atoms with E-state index in [1.165, 1.54) is 85.7 Å². The second-order valence-corrected chi connectivity index (χ2v) is 19.1. The minimum Gasteiger partial charge on any atom is -0.452 e. The standard InChI is InChI=1S/C56H40N2OS/c1-2-10-35(11-3-1)52-54-53(42-12-4-6-17-47(42)59-54)58-55(57-52)36-22-20-34(21-23-36)40-14-8-16-46-50(40)44-31-37(41-15-9-19-49-51(41)43-13-5-7-18-48(43)60-49)24-25-45(44)56(46)38-27-32-26-33(29-38)30-39(56)28-32/h1-25,31-33,38-39H,26-30H2. The minimum absolute atomic E-state index is 0.0815. The SMILES string of the molecule is c1ccc(-c2nc(-c3ccc(-c4cccc5c4-c4cc(-c6cccc7sc8ccccc8c67)ccc4C54C5CC6CC(C5)CC4C6)cc3)nc3c2oc2ccccc23)cc1. The van der Waals surface area contributed by atoms with E-state index in [0.717, 1.165) is 50.7 Å². The Bertz CT molecular complexity index is 3360. The van der Waals surface area contributed by atoms with Gasteiger partial charge in [-0.15, -0.1) is 11.3 Å². The van der Waals surface area contributed by atoms with E-state index < -0.39 is 0 Å². The summed E-state index contributed by atoms with van der Waals surface area (Å²) in [5.74, 6) is 3.90. The molecule has 0 saturated heterocycles. The van der Waals surface area contributed by atoms with Crippen LogP contribution >= 0.6 is 11.3 Å². The van der Waals surface area contributed by atoms with Crippen molar-refractivity contribution in [3.05, 3.63) is 169 Å². The first-order chi connectivity index (χ1) is 29.7. The fraction of sp³-hybridized carbons (Fsp3) is 0.179. The van der Waals surface area contributed by atoms with E-state index >= 15 is 0 Å². The molecule has 4 bridgehead atoms. The zero-order valence-corrected chi connectivity index (χ0v) is 33.9. The molecule has 5 aliphatic carbocycles. The van der Waals surface area contributed by atoms with Crippen LogP contribution in [0, 0.1) is 23.7 Å². The molecule has 4 fully saturated rings. The summed E-state index contributed by atoms with van der Waals surface area (Å²) in [6.07, 6.45) is 6.93. The maximum Gasteiger partial charge on any atom is 0.180 e. The summed E-state index contributed by atoms with van der Waals surface area (Å²) >= 11 is 1.90. The number of hydrogen-bond acceptors (Lipinski definition) is 4. The Morgan fingerprint density at radius 2 is 1.18 bits per heavy atom. The molecule has 0 amide bonds. The van der Waals surface area contributed by atoms with Gasteiger partial charge in [0.15, 0.2) is 11.4 Å². The van der Waals surface area contributed by atoms with Crippen molar-refractivity contribution in [3.63, 3.8) is 0 Å². The highest BCUT2D eigenvalue weighted by atomic mass is 32.1. The van der Waals surface area contributed by atoms with Crippen LogP contribution in [0.1, 0.15) is 43.2 Å². The summed E-state index contributed by atoms with van der Waals surface area (Å²) in [5.41, 5.74) is 16.6. The van der Waals surface area contributed by atoms with Gasteiger partial charge in [0, 0.05) is 42.1 Å². The van der Waals surface area contributed by atoms with Gasteiger partial charge in [0.25, 0.3) is 0 Å². The van der Waals surface area contributed by atoms with Gasteiger partial charge in [0.05, 0.1) is 0 Å². The lowest BCUT2D eigenvalue weighted by Gasteiger charge is -2.61. The third kappa shape index (κ3) is 4.55. The quantitative estimate of drug-likeness (QED) is 0.178. The summed E-state index contributed by atoms with van der Waals surface area (Å²) in [5, 5.41) is 3.74. The molecule has 15 rings (SSSR count). The van der Waals surface area contributed by atoms with Crippen molar-refractivity contribution in [1.82, 2.24) is 9.97 Å². The Kier molecular flexibility index (Phi) is 6.89. The van der Waals surface area contributed by atoms with Gasteiger partial charge in [-0.25, -0.2) is 9.97 Å². The molecule has 10 aromatic rings. The Balaban J connectivity index is 0.949. The number of benzene rings is 7. The van der Waals surface area contributed by atoms with Crippen LogP contribution in [-0.2, 0) is 5.41 Å². The van der Waals surface area contributed by atoms with E-state index in [1.807, 2.05) is 35.6 Å². The van der Waals surface area contributed by atoms with Crippen LogP contribution in [-0.4, -0.2) is 9.97 Å². The summed E-state index contributed by atoms with van der Waals surface area (Å²) < 4.78 is 9.11. The van der Waals surface area contributed by atoms with Crippen LogP contribution in [0.2, 0.25) is 0 Å². The molecule has 5 aliphatic rings. The Morgan fingerprint density at radius 1 is 0.500 bits per heavy atom. The Hall–Kier alpha value is -6.36. The summed E-state index contributed by atoms with van der Waals surface area (Å²) in [6, 6.07) is 58.2. The van der Waals surface area contributed by atoms with Crippen LogP contribution in [0.25, 0.3) is 98.3 Å². The smallest absolute Gasteiger partial charge is 0.180 e. The maximum absolute atomic E-state index is 6.41. The molecule has 3 heterocycles. The van der Waals surface area contributed by atoms with Crippen molar-refractivity contribution in [2.45, 2.75) is 37.5 Å². The monoisotopic (exact) mass is 788 g/mol. The number of nitrogens with zero attached hydrogens (tertiary/aromatic N) is 2. The number of hydrogen-bond donors (Lipinski definition) is 0. The minimum atomic E-state index is 0.0815. The average Bonchev–Trinajstić information content (AvgIpc) is 3.96. The molecule has 4 saturated carbocycles. The largest absolute Gasteiger partial charge is 0.452 e. The maximum atomic E-state index is 6.41. The van der Waals surface area contributed by atoms with Crippen molar-refractivity contribution in [1.29, 1.82) is 0 Å². The molecular formula is C56H40N2OS. The van der Waals surface area contributed by atoms with Crippen LogP contribution in [0.3, 0.4) is 0 Å². The lowest BCUT2D eigenvalue weighted by Crippen LogP contribution is -2.55. The third-order valence-electron chi connectivity index (χ3n) is 15.1. The van der Waals surface area contributed by atoms with Gasteiger partial charge in [-0.1, -0.05) is 127 Å². The topological polar surface area (TPSA) is 38.9 Å². The number of rotatable bonds is 4. The summed E-state index contributed by atoms with van der Waals surface area (Å²) in [7, 11) is 0. The fourth-order valence-corrected chi connectivity index (χ4v) is 14.1. The number of para-hydroxylation sites is 1. The summed E-state index contributed by atoms with van der Waals surface area (Å²) in [4.78, 5) is 10.4. The van der Waals surface area contributed by atoms with Gasteiger partial charge in [-0.2, -0.15) is 0 Å². The summed E-state index contributed by atoms with van der Waals surface area (Å²) in [6.45, 7) is 0. The van der Waals surface area contributed by atoms with E-state index in [0.29, 0.717) is 17.7 Å². The molecule has 286 valence electrons. The van der Waals surface area contributed by atoms with E-state index in [1.54, 1.807) is 11.1 Å². The lowest BCUT2D eigenvalue weighted by molar-refractivity contribution is -0.0399. The Morgan fingerprint density at radius 3 is 2.02 bits per heavy atom. The molecule has 7 aromatic carbocycles. The van der Waals surface area contributed by atoms with Crippen molar-refractivity contribution >= 4 is 53.6 Å². The molecule has 0 unspecified atom stereocenters. The van der Waals surface area contributed by atoms with E-state index in [9.17, 15) is 0 Å². The second kappa shape index (κ2) is 12.3. The predicted octanol–water partition coefficient (Wildman–Crippen LogP) is 15.1. The van der Waals surface area contributed by atoms with Gasteiger partial charge in [-0.05, 0) is 131 Å². The highest BCUT2D eigenvalue weighted by Gasteiger charge is 2.61. The number of fused-ring (bicyclic) bond motifs is 9. The molecule has 0 aliphatic heterocycles. The van der Waals surface area contributed by atoms with Crippen LogP contribution in [0.5, 0.6) is 0 Å². The van der Waals surface area contributed by atoms with Crippen LogP contribution in [0.4, 0.5) is 0 Å². The molecule has 0 atom stereocenters. The molecule has 1 spiro atoms. The van der Waals surface area contributed by atoms with Gasteiger partial charge in [-0.3, -0.25) is 0 Å². The molecule has 3 nitrogen and oxygen atoms in total. The van der Waals surface area contributed by atoms with Gasteiger partial charge >= 0.3 is 0 Å². The molecular weight excluding hydrogens is 749 g/mol. The highest BCUT2D eigenvalue weighted by molar-refractivity contribution is 7.25. The van der Waals surface area contributed by atoms with Crippen molar-refractivity contribution in [2.75, 3.05) is 0 Å². The zero-order valence-electron chi connectivity index (χ0n) is 33.1. The lowest BCUT2D eigenvalue weighted by atomic mass is 9.43. The predicted molar refractivity (Wildman–Crippen MR) is 247 cm³/mol. The van der Waals surface area contributed by atoms with Crippen LogP contribution in [0.15, 0.2) is 162 Å². The third-order valence-corrected chi connectivity index (χ3v) is 16.2. The molecule has 0 radical (unpaired) electrons. The molecule has 4 heteroatoms. The number of aromatic nitrogens is 2. The molecule has 60 heavy (non-hydrogen) atoms. The molecule has 3 aromatic heterocycles. The van der Waals surface area contributed by atoms with Crippen molar-refractivity contribution in [3.8, 4) is 56.0 Å². The van der Waals surface area contributed by atoms with Crippen molar-refractivity contribution < 1.29 is 4.42 Å². The van der Waals surface area contributed by atoms with Crippen molar-refractivity contribution in [2.24, 2.45) is 23.7 Å². The highest BCUT2D eigenvalue weighted by Crippen LogP contribution is 2.70. The number of furan rings is 1. The zero-order chi connectivity index (χ0) is 39.1. The fourth-order valence-electron chi connectivity index (χ4n) is 13.0. The van der Waals surface area contributed by atoms with E-state index in [2.05, 4.69) is 133 Å². The first-order valence-corrected chi connectivity index (χ1v) is 22.6. The first-order valence-electron chi connectivity index (χ1n) is 21.7. The van der Waals surface area contributed by atoms with Gasteiger partial charge < -0.3 is 4.42 Å². The van der Waals surface area contributed by atoms with Gasteiger partial charge in [0.1, 0.15) is 16.8 Å². The second-order valence-electron chi connectivity index (χ2n) is 18.1. The van der Waals surface area contributed by atoms with E-state index in [4.69, 9.17) is 14.4 Å². The van der Waals surface area contributed by atoms with Crippen LogP contribution < -0.4 is 0 Å². The first kappa shape index (κ1) is 33.5.